The van der Waals surface area contributed by atoms with Crippen molar-refractivity contribution in [2.24, 2.45) is 0 Å². The van der Waals surface area contributed by atoms with Gasteiger partial charge in [-0.15, -0.1) is 0 Å². The number of nitrogens with one attached hydrogen (secondary N) is 1. The molecule has 0 spiro atoms. The van der Waals surface area contributed by atoms with Crippen molar-refractivity contribution in [2.45, 2.75) is 6.18 Å². The van der Waals surface area contributed by atoms with Crippen LogP contribution in [0, 0.1) is 17.5 Å². The molecule has 16 heavy (non-hydrogen) atoms. The lowest BCUT2D eigenvalue weighted by atomic mass is 10.1. The minimum Gasteiger partial charge on any atom is -0.359 e. The first-order valence-corrected chi connectivity index (χ1v) is 4.04. The lowest BCUT2D eigenvalue weighted by Crippen LogP contribution is -2.13. The molecule has 2 rings (SSSR count). The highest BCUT2D eigenvalue weighted by atomic mass is 19.4. The summed E-state index contributed by atoms with van der Waals surface area (Å²) < 4.78 is 76.2. The molecule has 1 nitrogen and oxygen atoms in total. The van der Waals surface area contributed by atoms with Gasteiger partial charge in [-0.25, -0.2) is 13.2 Å². The summed E-state index contributed by atoms with van der Waals surface area (Å²) >= 11 is 0. The van der Waals surface area contributed by atoms with Gasteiger partial charge >= 0.3 is 6.18 Å². The Labute approximate surface area is 84.7 Å². The second-order valence-electron chi connectivity index (χ2n) is 3.08. The monoisotopic (exact) mass is 239 g/mol. The van der Waals surface area contributed by atoms with Gasteiger partial charge in [0.15, 0.2) is 11.6 Å². The third-order valence-corrected chi connectivity index (χ3v) is 2.12. The van der Waals surface area contributed by atoms with E-state index in [1.807, 2.05) is 0 Å². The van der Waals surface area contributed by atoms with Crippen LogP contribution in [0.3, 0.4) is 0 Å². The average molecular weight is 239 g/mol. The van der Waals surface area contributed by atoms with Crippen LogP contribution in [0.2, 0.25) is 0 Å². The Morgan fingerprint density at radius 3 is 2.12 bits per heavy atom. The zero-order valence-electron chi connectivity index (χ0n) is 7.42. The van der Waals surface area contributed by atoms with Gasteiger partial charge in [-0.2, -0.15) is 13.2 Å². The van der Waals surface area contributed by atoms with Gasteiger partial charge in [0.25, 0.3) is 0 Å². The van der Waals surface area contributed by atoms with E-state index in [1.165, 1.54) is 0 Å². The molecule has 0 saturated heterocycles. The number of alkyl halides is 3. The fourth-order valence-electron chi connectivity index (χ4n) is 1.43. The first kappa shape index (κ1) is 10.8. The minimum absolute atomic E-state index is 0.622. The summed E-state index contributed by atoms with van der Waals surface area (Å²) in [5.41, 5.74) is -2.83. The lowest BCUT2D eigenvalue weighted by Gasteiger charge is -2.10. The minimum atomic E-state index is -5.28. The zero-order chi connectivity index (χ0) is 12.1. The maximum Gasteiger partial charge on any atom is 0.422 e. The molecule has 0 atom stereocenters. The molecule has 0 radical (unpaired) electrons. The number of benzene rings is 1. The molecule has 0 aliphatic carbocycles. The molecule has 0 bridgehead atoms. The Morgan fingerprint density at radius 2 is 1.56 bits per heavy atom. The van der Waals surface area contributed by atoms with Crippen molar-refractivity contribution in [2.75, 3.05) is 0 Å². The number of rotatable bonds is 0. The van der Waals surface area contributed by atoms with Gasteiger partial charge in [0.1, 0.15) is 11.4 Å². The fraction of sp³-hybridized carbons (Fsp3) is 0.111. The fourth-order valence-corrected chi connectivity index (χ4v) is 1.43. The summed E-state index contributed by atoms with van der Waals surface area (Å²) in [5, 5.41) is -0.633. The number of H-pyrrole nitrogens is 1. The van der Waals surface area contributed by atoms with E-state index >= 15 is 0 Å². The average Bonchev–Trinajstić information content (AvgIpc) is 2.61. The van der Waals surface area contributed by atoms with Crippen LogP contribution in [0.4, 0.5) is 26.3 Å². The van der Waals surface area contributed by atoms with E-state index in [4.69, 9.17) is 0 Å². The number of halogens is 6. The molecule has 0 aliphatic heterocycles. The largest absolute Gasteiger partial charge is 0.422 e. The SMILES string of the molecule is Fc1c(C(F)(F)F)c(F)c2cc[nH]c2c1F. The van der Waals surface area contributed by atoms with E-state index < -0.39 is 40.1 Å². The number of aromatic amines is 1. The van der Waals surface area contributed by atoms with Gasteiger partial charge in [0.2, 0.25) is 0 Å². The molecular weight excluding hydrogens is 236 g/mol. The maximum absolute atomic E-state index is 13.3. The summed E-state index contributed by atoms with van der Waals surface area (Å²) in [4.78, 5) is 2.13. The van der Waals surface area contributed by atoms with E-state index in [1.54, 1.807) is 0 Å². The third-order valence-electron chi connectivity index (χ3n) is 2.12. The molecular formula is C9H3F6N. The highest BCUT2D eigenvalue weighted by Gasteiger charge is 2.40. The molecule has 0 amide bonds. The number of fused-ring (bicyclic) bond motifs is 1. The van der Waals surface area contributed by atoms with Crippen molar-refractivity contribution < 1.29 is 26.3 Å². The molecule has 1 N–H and O–H groups in total. The van der Waals surface area contributed by atoms with Gasteiger partial charge in [-0.05, 0) is 6.07 Å². The van der Waals surface area contributed by atoms with Crippen molar-refractivity contribution in [3.63, 3.8) is 0 Å². The second kappa shape index (κ2) is 3.16. The molecule has 1 aromatic carbocycles. The smallest absolute Gasteiger partial charge is 0.359 e. The Morgan fingerprint density at radius 1 is 0.938 bits per heavy atom. The highest BCUT2D eigenvalue weighted by molar-refractivity contribution is 5.81. The summed E-state index contributed by atoms with van der Waals surface area (Å²) in [7, 11) is 0. The molecule has 1 aromatic heterocycles. The van der Waals surface area contributed by atoms with Crippen LogP contribution in [0.5, 0.6) is 0 Å². The predicted octanol–water partition coefficient (Wildman–Crippen LogP) is 3.60. The van der Waals surface area contributed by atoms with E-state index in [9.17, 15) is 26.3 Å². The van der Waals surface area contributed by atoms with E-state index in [2.05, 4.69) is 4.98 Å². The predicted molar refractivity (Wildman–Crippen MR) is 43.2 cm³/mol. The first-order chi connectivity index (χ1) is 7.34. The Bertz CT molecular complexity index is 553. The van der Waals surface area contributed by atoms with Crippen LogP contribution in [-0.2, 0) is 6.18 Å². The topological polar surface area (TPSA) is 15.8 Å². The molecule has 0 unspecified atom stereocenters. The van der Waals surface area contributed by atoms with E-state index in [0.717, 1.165) is 12.3 Å². The van der Waals surface area contributed by atoms with E-state index in [-0.39, 0.29) is 0 Å². The standard InChI is InChI=1S/C9H3F6N/c10-5-3-1-2-16-8(3)7(12)6(11)4(5)9(13,14)15/h1-2,16H. The lowest BCUT2D eigenvalue weighted by molar-refractivity contribution is -0.142. The zero-order valence-corrected chi connectivity index (χ0v) is 7.42. The van der Waals surface area contributed by atoms with Gasteiger partial charge in [-0.1, -0.05) is 0 Å². The van der Waals surface area contributed by atoms with Crippen LogP contribution in [0.1, 0.15) is 5.56 Å². The molecule has 0 fully saturated rings. The van der Waals surface area contributed by atoms with Crippen LogP contribution < -0.4 is 0 Å². The number of hydrogen-bond acceptors (Lipinski definition) is 0. The van der Waals surface area contributed by atoms with Gasteiger partial charge in [-0.3, -0.25) is 0 Å². The molecule has 0 aliphatic rings. The van der Waals surface area contributed by atoms with Gasteiger partial charge in [0.05, 0.1) is 5.52 Å². The summed E-state index contributed by atoms with van der Waals surface area (Å²) in [6, 6.07) is 0.905. The van der Waals surface area contributed by atoms with Crippen molar-refractivity contribution in [3.8, 4) is 0 Å². The van der Waals surface area contributed by atoms with Crippen molar-refractivity contribution >= 4 is 10.9 Å². The Hall–Kier alpha value is -1.66. The molecule has 2 aromatic rings. The highest BCUT2D eigenvalue weighted by Crippen LogP contribution is 2.37. The third kappa shape index (κ3) is 1.35. The van der Waals surface area contributed by atoms with Gasteiger partial charge in [0, 0.05) is 11.6 Å². The van der Waals surface area contributed by atoms with Gasteiger partial charge < -0.3 is 4.98 Å². The van der Waals surface area contributed by atoms with Crippen LogP contribution in [-0.4, -0.2) is 4.98 Å². The molecule has 7 heteroatoms. The molecule has 1 heterocycles. The van der Waals surface area contributed by atoms with Crippen LogP contribution in [0.25, 0.3) is 10.9 Å². The van der Waals surface area contributed by atoms with Crippen LogP contribution in [0.15, 0.2) is 12.3 Å². The van der Waals surface area contributed by atoms with Crippen molar-refractivity contribution in [3.05, 3.63) is 35.3 Å². The summed E-state index contributed by atoms with van der Waals surface area (Å²) in [6.07, 6.45) is -4.25. The van der Waals surface area contributed by atoms with Crippen LogP contribution >= 0.6 is 0 Å². The summed E-state index contributed by atoms with van der Waals surface area (Å²) in [5.74, 6) is -5.80. The van der Waals surface area contributed by atoms with E-state index in [0.29, 0.717) is 0 Å². The Kier molecular flexibility index (Phi) is 2.14. The molecule has 0 saturated carbocycles. The second-order valence-corrected chi connectivity index (χ2v) is 3.08. The van der Waals surface area contributed by atoms with Crippen molar-refractivity contribution in [1.29, 1.82) is 0 Å². The summed E-state index contributed by atoms with van der Waals surface area (Å²) in [6.45, 7) is 0. The maximum atomic E-state index is 13.3. The quantitative estimate of drug-likeness (QED) is 0.534. The molecule has 86 valence electrons. The van der Waals surface area contributed by atoms with Crippen molar-refractivity contribution in [1.82, 2.24) is 4.98 Å². The first-order valence-electron chi connectivity index (χ1n) is 4.04. The number of hydrogen-bond donors (Lipinski definition) is 1. The normalized spacial score (nSPS) is 12.4. The Balaban J connectivity index is 2.94. The number of aromatic nitrogens is 1.